The molecule has 0 saturated carbocycles. The van der Waals surface area contributed by atoms with Gasteiger partial charge in [-0.15, -0.1) is 0 Å². The number of carbonyl (C=O) groups excluding carboxylic acids is 2. The van der Waals surface area contributed by atoms with Gasteiger partial charge in [0.15, 0.2) is 0 Å². The number of hydrogen-bond acceptors (Lipinski definition) is 5. The number of anilines is 1. The minimum absolute atomic E-state index is 0.314. The van der Waals surface area contributed by atoms with Gasteiger partial charge in [0.25, 0.3) is 6.08 Å². The number of carbonyl (C=O) groups is 1. The maximum Gasteiger partial charge on any atom is 0.340 e. The third-order valence-corrected chi connectivity index (χ3v) is 1.55. The van der Waals surface area contributed by atoms with Crippen LogP contribution in [0.5, 0.6) is 0 Å². The minimum atomic E-state index is -0.491. The largest absolute Gasteiger partial charge is 0.465 e. The van der Waals surface area contributed by atoms with Crippen molar-refractivity contribution < 1.29 is 14.3 Å². The van der Waals surface area contributed by atoms with Crippen LogP contribution in [-0.4, -0.2) is 19.2 Å². The van der Waals surface area contributed by atoms with Gasteiger partial charge >= 0.3 is 5.97 Å². The molecule has 0 aromatic heterocycles. The molecule has 1 aromatic carbocycles. The van der Waals surface area contributed by atoms with Gasteiger partial charge in [0.1, 0.15) is 0 Å². The topological polar surface area (TPSA) is 67.8 Å². The van der Waals surface area contributed by atoms with Crippen LogP contribution < -0.4 is 5.43 Å². The van der Waals surface area contributed by atoms with Crippen LogP contribution in [0.25, 0.3) is 0 Å². The van der Waals surface area contributed by atoms with Crippen molar-refractivity contribution in [1.29, 1.82) is 0 Å². The molecule has 72 valence electrons. The van der Waals surface area contributed by atoms with Crippen molar-refractivity contribution in [3.63, 3.8) is 0 Å². The Morgan fingerprint density at radius 3 is 2.86 bits per heavy atom. The number of nitrogens with zero attached hydrogens (tertiary/aromatic N) is 1. The summed E-state index contributed by atoms with van der Waals surface area (Å²) in [6.07, 6.45) is 1.31. The summed E-state index contributed by atoms with van der Waals surface area (Å²) >= 11 is 0. The highest BCUT2D eigenvalue weighted by Crippen LogP contribution is 2.15. The van der Waals surface area contributed by atoms with E-state index in [0.29, 0.717) is 11.3 Å². The first-order valence-corrected chi connectivity index (χ1v) is 3.80. The van der Waals surface area contributed by atoms with E-state index in [9.17, 15) is 9.59 Å². The number of isocyanates is 1. The average molecular weight is 192 g/mol. The molecule has 0 unspecified atom stereocenters. The van der Waals surface area contributed by atoms with Crippen LogP contribution in [-0.2, 0) is 9.53 Å². The zero-order chi connectivity index (χ0) is 10.4. The molecular weight excluding hydrogens is 184 g/mol. The van der Waals surface area contributed by atoms with Crippen LogP contribution in [0.3, 0.4) is 0 Å². The van der Waals surface area contributed by atoms with E-state index in [4.69, 9.17) is 0 Å². The molecule has 1 rings (SSSR count). The van der Waals surface area contributed by atoms with Crippen LogP contribution in [0, 0.1) is 0 Å². The number of hydrogen-bond donors (Lipinski definition) is 1. The molecular formula is C9H8N2O3. The van der Waals surface area contributed by atoms with Crippen molar-refractivity contribution in [2.24, 2.45) is 5.10 Å². The lowest BCUT2D eigenvalue weighted by Crippen LogP contribution is -2.04. The molecule has 0 aliphatic heterocycles. The summed E-state index contributed by atoms with van der Waals surface area (Å²) in [5.41, 5.74) is 3.10. The highest BCUT2D eigenvalue weighted by atomic mass is 16.5. The maximum atomic E-state index is 11.2. The smallest absolute Gasteiger partial charge is 0.340 e. The number of para-hydroxylation sites is 1. The Hall–Kier alpha value is -2.13. The molecule has 0 atom stereocenters. The van der Waals surface area contributed by atoms with E-state index >= 15 is 0 Å². The second kappa shape index (κ2) is 4.79. The van der Waals surface area contributed by atoms with Gasteiger partial charge in [-0.05, 0) is 12.1 Å². The van der Waals surface area contributed by atoms with E-state index in [2.05, 4.69) is 15.3 Å². The summed E-state index contributed by atoms with van der Waals surface area (Å²) in [5, 5.41) is 3.16. The number of nitrogens with one attached hydrogen (secondary N) is 1. The predicted molar refractivity (Wildman–Crippen MR) is 49.5 cm³/mol. The molecule has 14 heavy (non-hydrogen) atoms. The molecule has 5 nitrogen and oxygen atoms in total. The van der Waals surface area contributed by atoms with E-state index in [0.717, 1.165) is 0 Å². The van der Waals surface area contributed by atoms with Gasteiger partial charge < -0.3 is 4.74 Å². The van der Waals surface area contributed by atoms with Crippen LogP contribution in [0.1, 0.15) is 10.4 Å². The summed E-state index contributed by atoms with van der Waals surface area (Å²) in [5.74, 6) is -0.491. The standard InChI is InChI=1S/C9H8N2O3/c1-14-9(13)7-4-2-3-5-8(7)11-10-6-12/h2-5,11H,1H3. The number of hydrazone groups is 1. The zero-order valence-electron chi connectivity index (χ0n) is 7.48. The SMILES string of the molecule is COC(=O)c1ccccc1NN=C=O. The molecule has 0 spiro atoms. The number of benzene rings is 1. The normalized spacial score (nSPS) is 8.64. The third kappa shape index (κ3) is 2.18. The van der Waals surface area contributed by atoms with Crippen molar-refractivity contribution in [2.75, 3.05) is 12.5 Å². The summed E-state index contributed by atoms with van der Waals surface area (Å²) in [6.45, 7) is 0. The summed E-state index contributed by atoms with van der Waals surface area (Å²) in [6, 6.07) is 6.55. The summed E-state index contributed by atoms with van der Waals surface area (Å²) < 4.78 is 4.54. The lowest BCUT2D eigenvalue weighted by Gasteiger charge is -2.04. The van der Waals surface area contributed by atoms with Gasteiger partial charge in [-0.25, -0.2) is 9.59 Å². The fourth-order valence-corrected chi connectivity index (χ4v) is 0.952. The Bertz CT molecular complexity index is 383. The molecule has 0 saturated heterocycles. The van der Waals surface area contributed by atoms with E-state index in [1.165, 1.54) is 13.2 Å². The molecule has 1 aromatic rings. The highest BCUT2D eigenvalue weighted by molar-refractivity contribution is 5.95. The van der Waals surface area contributed by atoms with Crippen LogP contribution in [0.15, 0.2) is 29.4 Å². The number of rotatable bonds is 3. The fraction of sp³-hybridized carbons (Fsp3) is 0.111. The first kappa shape index (κ1) is 9.95. The maximum absolute atomic E-state index is 11.2. The van der Waals surface area contributed by atoms with Gasteiger partial charge in [0.05, 0.1) is 18.4 Å². The molecule has 0 radical (unpaired) electrons. The van der Waals surface area contributed by atoms with E-state index < -0.39 is 5.97 Å². The van der Waals surface area contributed by atoms with Crippen molar-refractivity contribution in [3.8, 4) is 0 Å². The summed E-state index contributed by atoms with van der Waals surface area (Å²) in [4.78, 5) is 21.1. The molecule has 0 fully saturated rings. The van der Waals surface area contributed by atoms with Gasteiger partial charge in [-0.1, -0.05) is 17.2 Å². The number of esters is 1. The van der Waals surface area contributed by atoms with Crippen LogP contribution >= 0.6 is 0 Å². The van der Waals surface area contributed by atoms with Gasteiger partial charge in [-0.3, -0.25) is 5.43 Å². The first-order chi connectivity index (χ1) is 6.79. The monoisotopic (exact) mass is 192 g/mol. The fourth-order valence-electron chi connectivity index (χ4n) is 0.952. The van der Waals surface area contributed by atoms with E-state index in [-0.39, 0.29) is 0 Å². The predicted octanol–water partition coefficient (Wildman–Crippen LogP) is 1.14. The highest BCUT2D eigenvalue weighted by Gasteiger charge is 2.09. The van der Waals surface area contributed by atoms with Crippen molar-refractivity contribution >= 4 is 17.7 Å². The molecule has 0 aliphatic carbocycles. The van der Waals surface area contributed by atoms with Crippen molar-refractivity contribution in [2.45, 2.75) is 0 Å². The molecule has 0 amide bonds. The molecule has 0 aliphatic rings. The summed E-state index contributed by atoms with van der Waals surface area (Å²) in [7, 11) is 1.28. The Balaban J connectivity index is 3.02. The first-order valence-electron chi connectivity index (χ1n) is 3.80. The van der Waals surface area contributed by atoms with Crippen molar-refractivity contribution in [3.05, 3.63) is 29.8 Å². The van der Waals surface area contributed by atoms with Gasteiger partial charge in [0, 0.05) is 0 Å². The lowest BCUT2D eigenvalue weighted by atomic mass is 10.2. The second-order valence-corrected chi connectivity index (χ2v) is 2.35. The van der Waals surface area contributed by atoms with E-state index in [1.807, 2.05) is 0 Å². The molecule has 0 heterocycles. The molecule has 5 heteroatoms. The Morgan fingerprint density at radius 2 is 2.21 bits per heavy atom. The van der Waals surface area contributed by atoms with Gasteiger partial charge in [0.2, 0.25) is 0 Å². The second-order valence-electron chi connectivity index (χ2n) is 2.35. The minimum Gasteiger partial charge on any atom is -0.465 e. The Kier molecular flexibility index (Phi) is 3.41. The molecule has 0 bridgehead atoms. The average Bonchev–Trinajstić information content (AvgIpc) is 2.25. The number of ether oxygens (including phenoxy) is 1. The Labute approximate surface area is 80.4 Å². The quantitative estimate of drug-likeness (QED) is 0.337. The van der Waals surface area contributed by atoms with E-state index in [1.54, 1.807) is 24.3 Å². The van der Waals surface area contributed by atoms with Crippen LogP contribution in [0.2, 0.25) is 0 Å². The lowest BCUT2D eigenvalue weighted by molar-refractivity contribution is 0.0602. The van der Waals surface area contributed by atoms with Crippen LogP contribution in [0.4, 0.5) is 5.69 Å². The van der Waals surface area contributed by atoms with Crippen molar-refractivity contribution in [1.82, 2.24) is 0 Å². The Morgan fingerprint density at radius 1 is 1.50 bits per heavy atom. The molecule has 1 N–H and O–H groups in total. The third-order valence-electron chi connectivity index (χ3n) is 1.55. The van der Waals surface area contributed by atoms with Gasteiger partial charge in [-0.2, -0.15) is 0 Å². The number of methoxy groups -OCH3 is 1. The zero-order valence-corrected chi connectivity index (χ0v) is 7.48.